The van der Waals surface area contributed by atoms with Crippen LogP contribution < -0.4 is 9.62 Å². The largest absolute Gasteiger partial charge is 0.321 e. The number of para-hydroxylation sites is 2. The fourth-order valence-corrected chi connectivity index (χ4v) is 5.44. The van der Waals surface area contributed by atoms with Crippen molar-refractivity contribution >= 4 is 27.3 Å². The Kier molecular flexibility index (Phi) is 5.54. The van der Waals surface area contributed by atoms with Crippen molar-refractivity contribution in [3.63, 3.8) is 0 Å². The minimum absolute atomic E-state index is 0.115. The first-order valence-electron chi connectivity index (χ1n) is 10.1. The molecule has 0 atom stereocenters. The summed E-state index contributed by atoms with van der Waals surface area (Å²) in [4.78, 5) is 12.8. The average molecular weight is 439 g/mol. The zero-order valence-corrected chi connectivity index (χ0v) is 18.2. The third kappa shape index (κ3) is 3.81. The highest BCUT2D eigenvalue weighted by Crippen LogP contribution is 2.33. The van der Waals surface area contributed by atoms with E-state index in [0.29, 0.717) is 30.8 Å². The molecular weight excluding hydrogens is 415 g/mol. The lowest BCUT2D eigenvalue weighted by Gasteiger charge is -2.20. The van der Waals surface area contributed by atoms with Gasteiger partial charge in [0.25, 0.3) is 15.9 Å². The van der Waals surface area contributed by atoms with Gasteiger partial charge in [0.1, 0.15) is 5.82 Å². The fourth-order valence-electron chi connectivity index (χ4n) is 3.91. The second-order valence-corrected chi connectivity index (χ2v) is 9.38. The Bertz CT molecular complexity index is 1270. The van der Waals surface area contributed by atoms with Gasteiger partial charge >= 0.3 is 0 Å². The van der Waals surface area contributed by atoms with Crippen molar-refractivity contribution in [2.45, 2.75) is 31.6 Å². The van der Waals surface area contributed by atoms with E-state index in [1.54, 1.807) is 12.1 Å². The maximum atomic E-state index is 14.5. The van der Waals surface area contributed by atoms with Crippen molar-refractivity contribution in [2.75, 3.05) is 16.2 Å². The van der Waals surface area contributed by atoms with Crippen LogP contribution in [0.25, 0.3) is 0 Å². The van der Waals surface area contributed by atoms with E-state index in [4.69, 9.17) is 0 Å². The van der Waals surface area contributed by atoms with Crippen LogP contribution >= 0.6 is 0 Å². The van der Waals surface area contributed by atoms with Gasteiger partial charge in [-0.15, -0.1) is 0 Å². The number of nitrogens with one attached hydrogen (secondary N) is 1. The number of fused-ring (bicyclic) bond motifs is 1. The number of carbonyl (C=O) groups is 1. The number of hydrogen-bond acceptors (Lipinski definition) is 3. The highest BCUT2D eigenvalue weighted by molar-refractivity contribution is 7.92. The minimum Gasteiger partial charge on any atom is -0.321 e. The molecule has 1 amide bonds. The van der Waals surface area contributed by atoms with Crippen LogP contribution in [0.15, 0.2) is 65.6 Å². The molecule has 31 heavy (non-hydrogen) atoms. The number of anilines is 2. The molecule has 0 bridgehead atoms. The monoisotopic (exact) mass is 438 g/mol. The topological polar surface area (TPSA) is 66.5 Å². The van der Waals surface area contributed by atoms with E-state index in [0.717, 1.165) is 28.8 Å². The number of rotatable bonds is 5. The summed E-state index contributed by atoms with van der Waals surface area (Å²) in [7, 11) is -3.93. The highest BCUT2D eigenvalue weighted by Gasteiger charge is 2.31. The maximum absolute atomic E-state index is 14.5. The Balaban J connectivity index is 1.69. The van der Waals surface area contributed by atoms with Crippen LogP contribution in [0.5, 0.6) is 0 Å². The summed E-state index contributed by atoms with van der Waals surface area (Å²) >= 11 is 0. The first-order valence-corrected chi connectivity index (χ1v) is 11.6. The molecule has 0 aliphatic carbocycles. The first kappa shape index (κ1) is 21.1. The van der Waals surface area contributed by atoms with Gasteiger partial charge in [-0.05, 0) is 60.7 Å². The molecular formula is C24H23FN2O3S. The van der Waals surface area contributed by atoms with Crippen molar-refractivity contribution in [1.29, 1.82) is 0 Å². The number of sulfonamides is 1. The molecule has 0 spiro atoms. The molecule has 0 saturated heterocycles. The standard InChI is InChI=1S/C24H23FN2O3S/c1-3-17-9-6-7-16(2)23(17)26-24(28)20-15-19(11-12-21(20)25)31(29,30)27-14-13-18-8-4-5-10-22(18)27/h4-12,15H,3,13-14H2,1-2H3,(H,26,28). The summed E-state index contributed by atoms with van der Waals surface area (Å²) in [5, 5.41) is 2.76. The first-order chi connectivity index (χ1) is 14.8. The molecule has 3 aromatic carbocycles. The number of amides is 1. The van der Waals surface area contributed by atoms with Crippen LogP contribution in [0.4, 0.5) is 15.8 Å². The zero-order chi connectivity index (χ0) is 22.2. The van der Waals surface area contributed by atoms with E-state index in [1.807, 2.05) is 44.2 Å². The Morgan fingerprint density at radius 2 is 1.87 bits per heavy atom. The summed E-state index contributed by atoms with van der Waals surface area (Å²) < 4.78 is 42.4. The second-order valence-electron chi connectivity index (χ2n) is 7.51. The van der Waals surface area contributed by atoms with Crippen LogP contribution in [0, 0.1) is 12.7 Å². The van der Waals surface area contributed by atoms with Crippen LogP contribution in [0.1, 0.15) is 34.0 Å². The third-order valence-corrected chi connectivity index (χ3v) is 7.40. The lowest BCUT2D eigenvalue weighted by atomic mass is 10.1. The minimum atomic E-state index is -3.93. The zero-order valence-electron chi connectivity index (χ0n) is 17.4. The number of hydrogen-bond donors (Lipinski definition) is 1. The highest BCUT2D eigenvalue weighted by atomic mass is 32.2. The molecule has 0 aromatic heterocycles. The van der Waals surface area contributed by atoms with Crippen molar-refractivity contribution in [1.82, 2.24) is 0 Å². The number of halogens is 1. The quantitative estimate of drug-likeness (QED) is 0.628. The average Bonchev–Trinajstić information content (AvgIpc) is 3.20. The summed E-state index contributed by atoms with van der Waals surface area (Å²) in [6.07, 6.45) is 1.31. The van der Waals surface area contributed by atoms with E-state index in [9.17, 15) is 17.6 Å². The molecule has 160 valence electrons. The summed E-state index contributed by atoms with van der Waals surface area (Å²) in [6, 6.07) is 16.3. The molecule has 1 aliphatic rings. The van der Waals surface area contributed by atoms with Gasteiger partial charge < -0.3 is 5.32 Å². The molecule has 0 unspecified atom stereocenters. The number of benzene rings is 3. The van der Waals surface area contributed by atoms with Crippen molar-refractivity contribution in [3.8, 4) is 0 Å². The van der Waals surface area contributed by atoms with Crippen LogP contribution in [0.2, 0.25) is 0 Å². The Morgan fingerprint density at radius 3 is 2.65 bits per heavy atom. The molecule has 5 nitrogen and oxygen atoms in total. The summed E-state index contributed by atoms with van der Waals surface area (Å²) in [5.74, 6) is -1.45. The van der Waals surface area contributed by atoms with Gasteiger partial charge in [0.2, 0.25) is 0 Å². The van der Waals surface area contributed by atoms with Gasteiger partial charge in [-0.2, -0.15) is 0 Å². The molecule has 4 rings (SSSR count). The molecule has 1 aliphatic heterocycles. The van der Waals surface area contributed by atoms with Crippen molar-refractivity contribution in [2.24, 2.45) is 0 Å². The second kappa shape index (κ2) is 8.15. The SMILES string of the molecule is CCc1cccc(C)c1NC(=O)c1cc(S(=O)(=O)N2CCc3ccccc32)ccc1F. The Hall–Kier alpha value is -3.19. The predicted molar refractivity (Wildman–Crippen MR) is 120 cm³/mol. The molecule has 1 N–H and O–H groups in total. The van der Waals surface area contributed by atoms with Crippen LogP contribution in [0.3, 0.4) is 0 Å². The fraction of sp³-hybridized carbons (Fsp3) is 0.208. The van der Waals surface area contributed by atoms with Crippen LogP contribution in [-0.2, 0) is 22.9 Å². The molecule has 7 heteroatoms. The van der Waals surface area contributed by atoms with Crippen molar-refractivity contribution < 1.29 is 17.6 Å². The number of aryl methyl sites for hydroxylation is 2. The van der Waals surface area contributed by atoms with E-state index in [-0.39, 0.29) is 10.5 Å². The van der Waals surface area contributed by atoms with E-state index in [1.165, 1.54) is 10.4 Å². The molecule has 0 fully saturated rings. The maximum Gasteiger partial charge on any atom is 0.264 e. The van der Waals surface area contributed by atoms with Gasteiger partial charge in [-0.3, -0.25) is 9.10 Å². The third-order valence-electron chi connectivity index (χ3n) is 5.59. The lowest BCUT2D eigenvalue weighted by Crippen LogP contribution is -2.29. The number of nitrogens with zero attached hydrogens (tertiary/aromatic N) is 1. The summed E-state index contributed by atoms with van der Waals surface area (Å²) in [6.45, 7) is 4.13. The van der Waals surface area contributed by atoms with E-state index >= 15 is 0 Å². The Morgan fingerprint density at radius 1 is 1.10 bits per heavy atom. The van der Waals surface area contributed by atoms with E-state index in [2.05, 4.69) is 5.32 Å². The van der Waals surface area contributed by atoms with Gasteiger partial charge in [-0.25, -0.2) is 12.8 Å². The molecule has 3 aromatic rings. The normalized spacial score (nSPS) is 13.2. The van der Waals surface area contributed by atoms with Crippen molar-refractivity contribution in [3.05, 3.63) is 88.7 Å². The van der Waals surface area contributed by atoms with E-state index < -0.39 is 21.7 Å². The predicted octanol–water partition coefficient (Wildman–Crippen LogP) is 4.70. The Labute approximate surface area is 181 Å². The van der Waals surface area contributed by atoms with Gasteiger partial charge in [0.15, 0.2) is 0 Å². The summed E-state index contributed by atoms with van der Waals surface area (Å²) in [5.41, 5.74) is 3.65. The van der Waals surface area contributed by atoms with Gasteiger partial charge in [-0.1, -0.05) is 43.3 Å². The molecule has 1 heterocycles. The molecule has 0 saturated carbocycles. The molecule has 0 radical (unpaired) electrons. The van der Waals surface area contributed by atoms with Crippen LogP contribution in [-0.4, -0.2) is 20.9 Å². The van der Waals surface area contributed by atoms with Gasteiger partial charge in [0, 0.05) is 12.2 Å². The number of carbonyl (C=O) groups excluding carboxylic acids is 1. The van der Waals surface area contributed by atoms with Gasteiger partial charge in [0.05, 0.1) is 16.1 Å². The smallest absolute Gasteiger partial charge is 0.264 e. The lowest BCUT2D eigenvalue weighted by molar-refractivity contribution is 0.102.